The molecule has 3 N–H and O–H groups in total. The number of aromatic nitrogens is 2. The highest BCUT2D eigenvalue weighted by atomic mass is 32.2. The first kappa shape index (κ1) is 21.6. The number of aliphatic hydroxyl groups is 1. The quantitative estimate of drug-likeness (QED) is 0.469. The lowest BCUT2D eigenvalue weighted by Gasteiger charge is -2.21. The molecule has 1 unspecified atom stereocenters. The zero-order chi connectivity index (χ0) is 22.2. The molecule has 10 nitrogen and oxygen atoms in total. The monoisotopic (exact) mass is 446 g/mol. The second kappa shape index (κ2) is 8.46. The van der Waals surface area contributed by atoms with E-state index in [1.807, 2.05) is 4.90 Å². The SMILES string of the molecule is CS(=O)(=O)c1ccc(CN2C[C@H](O)C[C@H]2c2nc(-c3cccc([NH+]([O-])O)c3)no2)cc1. The van der Waals surface area contributed by atoms with Gasteiger partial charge in [0.1, 0.15) is 0 Å². The molecule has 1 aliphatic rings. The molecule has 0 aliphatic carbocycles. The van der Waals surface area contributed by atoms with Crippen molar-refractivity contribution >= 4 is 15.5 Å². The summed E-state index contributed by atoms with van der Waals surface area (Å²) in [5.74, 6) is 0.608. The van der Waals surface area contributed by atoms with Crippen LogP contribution >= 0.6 is 0 Å². The van der Waals surface area contributed by atoms with E-state index in [2.05, 4.69) is 10.1 Å². The Hall–Kier alpha value is -2.67. The number of sulfone groups is 1. The predicted molar refractivity (Wildman–Crippen MR) is 109 cm³/mol. The zero-order valence-corrected chi connectivity index (χ0v) is 17.5. The maximum Gasteiger partial charge on any atom is 0.244 e. The lowest BCUT2D eigenvalue weighted by atomic mass is 10.1. The maximum atomic E-state index is 11.6. The van der Waals surface area contributed by atoms with Crippen LogP contribution in [0.2, 0.25) is 0 Å². The van der Waals surface area contributed by atoms with Gasteiger partial charge in [-0.15, -0.1) is 0 Å². The summed E-state index contributed by atoms with van der Waals surface area (Å²) < 4.78 is 28.7. The van der Waals surface area contributed by atoms with Crippen LogP contribution < -0.4 is 5.23 Å². The van der Waals surface area contributed by atoms with Gasteiger partial charge >= 0.3 is 0 Å². The van der Waals surface area contributed by atoms with Crippen molar-refractivity contribution in [2.24, 2.45) is 0 Å². The first-order chi connectivity index (χ1) is 14.7. The van der Waals surface area contributed by atoms with Crippen molar-refractivity contribution < 1.29 is 28.5 Å². The van der Waals surface area contributed by atoms with E-state index >= 15 is 0 Å². The molecule has 3 aromatic rings. The van der Waals surface area contributed by atoms with Gasteiger partial charge in [-0.05, 0) is 24.1 Å². The fourth-order valence-electron chi connectivity index (χ4n) is 3.67. The molecule has 11 heteroatoms. The van der Waals surface area contributed by atoms with Gasteiger partial charge in [-0.25, -0.2) is 13.6 Å². The second-order valence-corrected chi connectivity index (χ2v) is 9.61. The van der Waals surface area contributed by atoms with E-state index in [-0.39, 0.29) is 22.4 Å². The molecule has 2 heterocycles. The van der Waals surface area contributed by atoms with Crippen LogP contribution in [0.3, 0.4) is 0 Å². The first-order valence-corrected chi connectivity index (χ1v) is 11.5. The predicted octanol–water partition coefficient (Wildman–Crippen LogP) is 0.851. The Kier molecular flexibility index (Phi) is 5.88. The van der Waals surface area contributed by atoms with Crippen LogP contribution in [0.1, 0.15) is 23.9 Å². The van der Waals surface area contributed by atoms with Crippen molar-refractivity contribution in [1.29, 1.82) is 0 Å². The molecule has 4 rings (SSSR count). The number of rotatable bonds is 6. The largest absolute Gasteiger partial charge is 0.595 e. The highest BCUT2D eigenvalue weighted by Crippen LogP contribution is 2.33. The minimum Gasteiger partial charge on any atom is -0.595 e. The Morgan fingerprint density at radius 2 is 2.00 bits per heavy atom. The van der Waals surface area contributed by atoms with Gasteiger partial charge in [-0.1, -0.05) is 29.4 Å². The number of quaternary nitrogens is 1. The molecule has 0 spiro atoms. The summed E-state index contributed by atoms with van der Waals surface area (Å²) in [5, 5.41) is 33.5. The van der Waals surface area contributed by atoms with Crippen LogP contribution in [0.15, 0.2) is 57.9 Å². The molecular formula is C20H22N4O6S. The number of likely N-dealkylation sites (tertiary alicyclic amines) is 1. The Balaban J connectivity index is 1.54. The Labute approximate surface area is 178 Å². The zero-order valence-electron chi connectivity index (χ0n) is 16.7. The summed E-state index contributed by atoms with van der Waals surface area (Å²) in [5.41, 5.74) is 1.54. The third-order valence-corrected chi connectivity index (χ3v) is 6.34. The third-order valence-electron chi connectivity index (χ3n) is 5.21. The molecule has 1 aromatic heterocycles. The van der Waals surface area contributed by atoms with Crippen LogP contribution in [-0.4, -0.2) is 52.7 Å². The van der Waals surface area contributed by atoms with E-state index in [0.717, 1.165) is 11.8 Å². The Morgan fingerprint density at radius 3 is 2.68 bits per heavy atom. The number of hydrogen-bond acceptors (Lipinski definition) is 9. The number of benzene rings is 2. The number of aliphatic hydroxyl groups excluding tert-OH is 1. The number of nitrogens with one attached hydrogen (secondary N) is 1. The van der Waals surface area contributed by atoms with Gasteiger partial charge in [-0.3, -0.25) is 4.90 Å². The number of nitrogens with zero attached hydrogens (tertiary/aromatic N) is 3. The molecule has 3 atom stereocenters. The van der Waals surface area contributed by atoms with E-state index in [1.54, 1.807) is 36.4 Å². The van der Waals surface area contributed by atoms with E-state index < -0.39 is 21.2 Å². The third kappa shape index (κ3) is 4.82. The van der Waals surface area contributed by atoms with Gasteiger partial charge in [0.15, 0.2) is 15.5 Å². The summed E-state index contributed by atoms with van der Waals surface area (Å²) in [6.07, 6.45) is 1.01. The standard InChI is InChI=1S/C20H22N4O6S/c1-31(28,29)17-7-5-13(6-8-17)11-23-12-16(25)10-18(23)20-21-19(22-30-20)14-3-2-4-15(9-14)24(26)27/h2-9,16,18,24-26H,10-12H2,1H3/t16-,18+/m1/s1. The van der Waals surface area contributed by atoms with Gasteiger partial charge in [0, 0.05) is 37.0 Å². The Bertz CT molecular complexity index is 1160. The maximum absolute atomic E-state index is 11.6. The van der Waals surface area contributed by atoms with Crippen LogP contribution in [0, 0.1) is 5.21 Å². The van der Waals surface area contributed by atoms with Crippen LogP contribution in [0.5, 0.6) is 0 Å². The van der Waals surface area contributed by atoms with Gasteiger partial charge in [0.2, 0.25) is 11.7 Å². The van der Waals surface area contributed by atoms with E-state index in [0.29, 0.717) is 31.0 Å². The van der Waals surface area contributed by atoms with Gasteiger partial charge in [0.05, 0.1) is 17.0 Å². The van der Waals surface area contributed by atoms with Crippen molar-refractivity contribution in [2.75, 3.05) is 12.8 Å². The molecule has 0 saturated carbocycles. The lowest BCUT2D eigenvalue weighted by molar-refractivity contribution is -0.991. The minimum absolute atomic E-state index is 0.124. The fourth-order valence-corrected chi connectivity index (χ4v) is 4.30. The highest BCUT2D eigenvalue weighted by Gasteiger charge is 2.36. The molecule has 0 amide bonds. The van der Waals surface area contributed by atoms with Gasteiger partial charge in [-0.2, -0.15) is 10.2 Å². The van der Waals surface area contributed by atoms with Crippen molar-refractivity contribution in [1.82, 2.24) is 15.0 Å². The molecule has 1 aliphatic heterocycles. The molecule has 0 radical (unpaired) electrons. The van der Waals surface area contributed by atoms with Crippen molar-refractivity contribution in [3.8, 4) is 11.4 Å². The molecule has 31 heavy (non-hydrogen) atoms. The van der Waals surface area contributed by atoms with Crippen molar-refractivity contribution in [3.05, 3.63) is 65.2 Å². The number of β-amino-alcohol motifs (C(OH)–C–C–N with tert-alkyl or cyclic N) is 1. The molecule has 1 saturated heterocycles. The fraction of sp³-hybridized carbons (Fsp3) is 0.300. The summed E-state index contributed by atoms with van der Waals surface area (Å²) in [6.45, 7) is 0.878. The molecule has 164 valence electrons. The summed E-state index contributed by atoms with van der Waals surface area (Å²) in [6, 6.07) is 12.6. The molecule has 0 bridgehead atoms. The van der Waals surface area contributed by atoms with Crippen LogP contribution in [0.4, 0.5) is 5.69 Å². The van der Waals surface area contributed by atoms with Crippen LogP contribution in [-0.2, 0) is 16.4 Å². The number of hydrogen-bond donors (Lipinski definition) is 3. The summed E-state index contributed by atoms with van der Waals surface area (Å²) >= 11 is 0. The van der Waals surface area contributed by atoms with Crippen LogP contribution in [0.25, 0.3) is 11.4 Å². The molecular weight excluding hydrogens is 424 g/mol. The normalized spacial score (nSPS) is 20.8. The highest BCUT2D eigenvalue weighted by molar-refractivity contribution is 7.90. The summed E-state index contributed by atoms with van der Waals surface area (Å²) in [7, 11) is -3.27. The second-order valence-electron chi connectivity index (χ2n) is 7.59. The first-order valence-electron chi connectivity index (χ1n) is 9.59. The average Bonchev–Trinajstić information content (AvgIpc) is 3.34. The van der Waals surface area contributed by atoms with Gasteiger partial charge < -0.3 is 14.8 Å². The van der Waals surface area contributed by atoms with Gasteiger partial charge in [0.25, 0.3) is 0 Å². The summed E-state index contributed by atoms with van der Waals surface area (Å²) in [4.78, 5) is 6.67. The van der Waals surface area contributed by atoms with Crippen molar-refractivity contribution in [2.45, 2.75) is 30.0 Å². The van der Waals surface area contributed by atoms with E-state index in [1.165, 1.54) is 12.1 Å². The Morgan fingerprint density at radius 1 is 1.26 bits per heavy atom. The minimum atomic E-state index is -3.27. The van der Waals surface area contributed by atoms with Crippen molar-refractivity contribution in [3.63, 3.8) is 0 Å². The smallest absolute Gasteiger partial charge is 0.244 e. The van der Waals surface area contributed by atoms with E-state index in [4.69, 9.17) is 9.73 Å². The molecule has 2 aromatic carbocycles. The van der Waals surface area contributed by atoms with E-state index in [9.17, 15) is 18.7 Å². The topological polar surface area (TPSA) is 144 Å². The average molecular weight is 446 g/mol. The molecule has 1 fully saturated rings. The lowest BCUT2D eigenvalue weighted by Crippen LogP contribution is -2.99.